The van der Waals surface area contributed by atoms with Crippen molar-refractivity contribution in [3.05, 3.63) is 39.2 Å². The van der Waals surface area contributed by atoms with Gasteiger partial charge in [-0.1, -0.05) is 0 Å². The topological polar surface area (TPSA) is 76.8 Å². The van der Waals surface area contributed by atoms with Crippen molar-refractivity contribution in [2.75, 3.05) is 0 Å². The number of aromatic nitrogens is 3. The molecule has 2 rings (SSSR count). The molecule has 1 N–H and O–H groups in total. The summed E-state index contributed by atoms with van der Waals surface area (Å²) in [6.45, 7) is 6.06. The van der Waals surface area contributed by atoms with Crippen LogP contribution in [0.4, 0.5) is 5.69 Å². The van der Waals surface area contributed by atoms with Crippen molar-refractivity contribution in [2.24, 2.45) is 0 Å². The third-order valence-electron chi connectivity index (χ3n) is 2.68. The van der Waals surface area contributed by atoms with Crippen LogP contribution in [-0.4, -0.2) is 19.7 Å². The van der Waals surface area contributed by atoms with Crippen LogP contribution in [0.3, 0.4) is 0 Å². The average molecular weight is 278 g/mol. The van der Waals surface area contributed by atoms with E-state index in [-0.39, 0.29) is 11.2 Å². The van der Waals surface area contributed by atoms with Crippen molar-refractivity contribution in [2.45, 2.75) is 26.3 Å². The van der Waals surface area contributed by atoms with Gasteiger partial charge in [0.15, 0.2) is 10.6 Å². The molecule has 0 amide bonds. The summed E-state index contributed by atoms with van der Waals surface area (Å²) in [4.78, 5) is 10.2. The number of nitrogens with zero attached hydrogens (tertiary/aromatic N) is 3. The van der Waals surface area contributed by atoms with E-state index in [2.05, 4.69) is 10.2 Å². The van der Waals surface area contributed by atoms with Gasteiger partial charge in [-0.15, -0.1) is 0 Å². The van der Waals surface area contributed by atoms with Crippen molar-refractivity contribution in [3.63, 3.8) is 0 Å². The second-order valence-corrected chi connectivity index (χ2v) is 5.55. The van der Waals surface area contributed by atoms with Gasteiger partial charge in [0.25, 0.3) is 5.69 Å². The molecule has 0 unspecified atom stereocenters. The van der Waals surface area contributed by atoms with E-state index in [1.807, 2.05) is 25.3 Å². The average Bonchev–Trinajstić information content (AvgIpc) is 2.71. The van der Waals surface area contributed by atoms with Crippen LogP contribution in [0.1, 0.15) is 20.8 Å². The second kappa shape index (κ2) is 4.58. The summed E-state index contributed by atoms with van der Waals surface area (Å²) in [5.41, 5.74) is 0.620. The monoisotopic (exact) mass is 278 g/mol. The van der Waals surface area contributed by atoms with E-state index in [9.17, 15) is 10.1 Å². The summed E-state index contributed by atoms with van der Waals surface area (Å²) >= 11 is 5.22. The highest BCUT2D eigenvalue weighted by molar-refractivity contribution is 7.71. The summed E-state index contributed by atoms with van der Waals surface area (Å²) in [6, 6.07) is 6.26. The predicted molar refractivity (Wildman–Crippen MR) is 74.5 cm³/mol. The molecule has 1 aromatic heterocycles. The molecule has 0 spiro atoms. The van der Waals surface area contributed by atoms with E-state index in [0.29, 0.717) is 10.6 Å². The predicted octanol–water partition coefficient (Wildman–Crippen LogP) is 3.27. The Balaban J connectivity index is 2.54. The van der Waals surface area contributed by atoms with E-state index in [0.717, 1.165) is 5.56 Å². The lowest BCUT2D eigenvalue weighted by atomic mass is 10.1. The summed E-state index contributed by atoms with van der Waals surface area (Å²) in [7, 11) is 0. The standard InChI is InChI=1S/C12H14N4O2S/c1-12(2,3)15-10(13-14-11(15)19)8-4-6-9(7-5-8)16(17)18/h4-7H,1-3H3,(H,14,19). The lowest BCUT2D eigenvalue weighted by molar-refractivity contribution is -0.384. The first-order chi connectivity index (χ1) is 8.80. The fourth-order valence-corrected chi connectivity index (χ4v) is 2.25. The fraction of sp³-hybridized carbons (Fsp3) is 0.333. The summed E-state index contributed by atoms with van der Waals surface area (Å²) < 4.78 is 2.42. The van der Waals surface area contributed by atoms with Gasteiger partial charge in [-0.3, -0.25) is 19.8 Å². The first kappa shape index (κ1) is 13.4. The summed E-state index contributed by atoms with van der Waals surface area (Å²) in [5, 5.41) is 17.6. The zero-order valence-corrected chi connectivity index (χ0v) is 11.7. The van der Waals surface area contributed by atoms with Gasteiger partial charge in [-0.05, 0) is 45.1 Å². The third-order valence-corrected chi connectivity index (χ3v) is 2.95. The molecule has 1 heterocycles. The lowest BCUT2D eigenvalue weighted by Gasteiger charge is -2.22. The number of aromatic amines is 1. The number of hydrogen-bond acceptors (Lipinski definition) is 4. The molecular weight excluding hydrogens is 264 g/mol. The van der Waals surface area contributed by atoms with E-state index in [1.165, 1.54) is 12.1 Å². The Bertz CT molecular complexity index is 664. The van der Waals surface area contributed by atoms with Crippen molar-refractivity contribution >= 4 is 17.9 Å². The minimum atomic E-state index is -0.426. The van der Waals surface area contributed by atoms with Gasteiger partial charge in [-0.25, -0.2) is 0 Å². The lowest BCUT2D eigenvalue weighted by Crippen LogP contribution is -2.22. The molecule has 0 aliphatic carbocycles. The molecule has 7 heteroatoms. The van der Waals surface area contributed by atoms with Crippen LogP contribution >= 0.6 is 12.2 Å². The second-order valence-electron chi connectivity index (χ2n) is 5.16. The van der Waals surface area contributed by atoms with Gasteiger partial charge in [0.1, 0.15) is 0 Å². The van der Waals surface area contributed by atoms with E-state index in [1.54, 1.807) is 12.1 Å². The Kier molecular flexibility index (Phi) is 3.23. The summed E-state index contributed by atoms with van der Waals surface area (Å²) in [5.74, 6) is 0.674. The molecule has 0 radical (unpaired) electrons. The maximum atomic E-state index is 10.6. The van der Waals surface area contributed by atoms with Crippen molar-refractivity contribution in [1.29, 1.82) is 0 Å². The Labute approximate surface area is 115 Å². The molecule has 6 nitrogen and oxygen atoms in total. The molecule has 19 heavy (non-hydrogen) atoms. The number of non-ortho nitro benzene ring substituents is 1. The quantitative estimate of drug-likeness (QED) is 0.519. The molecule has 0 saturated carbocycles. The minimum Gasteiger partial charge on any atom is -0.295 e. The highest BCUT2D eigenvalue weighted by Crippen LogP contribution is 2.25. The largest absolute Gasteiger partial charge is 0.295 e. The number of H-pyrrole nitrogens is 1. The Hall–Kier alpha value is -2.02. The zero-order valence-electron chi connectivity index (χ0n) is 10.9. The molecule has 0 bridgehead atoms. The Morgan fingerprint density at radius 2 is 1.89 bits per heavy atom. The first-order valence-corrected chi connectivity index (χ1v) is 6.14. The van der Waals surface area contributed by atoms with Crippen LogP contribution in [0, 0.1) is 14.9 Å². The number of nitro groups is 1. The molecule has 100 valence electrons. The SMILES string of the molecule is CC(C)(C)n1c(-c2ccc([N+](=O)[O-])cc2)n[nH]c1=S. The molecule has 0 atom stereocenters. The van der Waals surface area contributed by atoms with Crippen LogP contribution in [0.5, 0.6) is 0 Å². The highest BCUT2D eigenvalue weighted by Gasteiger charge is 2.20. The zero-order chi connectivity index (χ0) is 14.2. The molecular formula is C12H14N4O2S. The number of nitrogens with one attached hydrogen (secondary N) is 1. The number of benzene rings is 1. The number of hydrogen-bond donors (Lipinski definition) is 1. The molecule has 0 fully saturated rings. The Morgan fingerprint density at radius 3 is 2.37 bits per heavy atom. The van der Waals surface area contributed by atoms with E-state index >= 15 is 0 Å². The van der Waals surface area contributed by atoms with Crippen LogP contribution < -0.4 is 0 Å². The summed E-state index contributed by atoms with van der Waals surface area (Å²) in [6.07, 6.45) is 0. The van der Waals surface area contributed by atoms with Crippen LogP contribution in [0.15, 0.2) is 24.3 Å². The van der Waals surface area contributed by atoms with Crippen molar-refractivity contribution in [1.82, 2.24) is 14.8 Å². The first-order valence-electron chi connectivity index (χ1n) is 5.73. The highest BCUT2D eigenvalue weighted by atomic mass is 32.1. The maximum Gasteiger partial charge on any atom is 0.269 e. The number of nitro benzene ring substituents is 1. The fourth-order valence-electron chi connectivity index (χ4n) is 1.85. The van der Waals surface area contributed by atoms with Gasteiger partial charge < -0.3 is 0 Å². The van der Waals surface area contributed by atoms with Gasteiger partial charge in [0.2, 0.25) is 0 Å². The van der Waals surface area contributed by atoms with E-state index < -0.39 is 4.92 Å². The van der Waals surface area contributed by atoms with Gasteiger partial charge in [0, 0.05) is 23.2 Å². The van der Waals surface area contributed by atoms with Crippen molar-refractivity contribution in [3.8, 4) is 11.4 Å². The van der Waals surface area contributed by atoms with E-state index in [4.69, 9.17) is 12.2 Å². The van der Waals surface area contributed by atoms with Gasteiger partial charge >= 0.3 is 0 Å². The number of rotatable bonds is 2. The minimum absolute atomic E-state index is 0.0557. The van der Waals surface area contributed by atoms with Crippen LogP contribution in [0.2, 0.25) is 0 Å². The Morgan fingerprint density at radius 1 is 1.32 bits per heavy atom. The van der Waals surface area contributed by atoms with Crippen LogP contribution in [-0.2, 0) is 5.54 Å². The molecule has 1 aromatic carbocycles. The normalized spacial score (nSPS) is 11.5. The smallest absolute Gasteiger partial charge is 0.269 e. The molecule has 2 aromatic rings. The van der Waals surface area contributed by atoms with Gasteiger partial charge in [-0.2, -0.15) is 5.10 Å². The molecule has 0 aliphatic heterocycles. The van der Waals surface area contributed by atoms with Crippen molar-refractivity contribution < 1.29 is 4.92 Å². The molecule has 0 saturated heterocycles. The van der Waals surface area contributed by atoms with Gasteiger partial charge in [0.05, 0.1) is 4.92 Å². The third kappa shape index (κ3) is 2.55. The van der Waals surface area contributed by atoms with Crippen LogP contribution in [0.25, 0.3) is 11.4 Å². The molecule has 0 aliphatic rings. The maximum absolute atomic E-state index is 10.6.